The van der Waals surface area contributed by atoms with Crippen molar-refractivity contribution in [3.63, 3.8) is 0 Å². The molecule has 0 amide bonds. The highest BCUT2D eigenvalue weighted by atomic mass is 16.4. The number of anilines is 1. The average molecular weight is 235 g/mol. The van der Waals surface area contributed by atoms with E-state index in [9.17, 15) is 9.59 Å². The highest BCUT2D eigenvalue weighted by molar-refractivity contribution is 5.94. The molecule has 5 heteroatoms. The van der Waals surface area contributed by atoms with E-state index in [-0.39, 0.29) is 0 Å². The van der Waals surface area contributed by atoms with Crippen molar-refractivity contribution in [3.8, 4) is 0 Å². The summed E-state index contributed by atoms with van der Waals surface area (Å²) in [5, 5.41) is 21.2. The smallest absolute Gasteiger partial charge is 0.318 e. The van der Waals surface area contributed by atoms with Crippen molar-refractivity contribution < 1.29 is 19.8 Å². The quantitative estimate of drug-likeness (QED) is 0.689. The molecule has 0 bridgehead atoms. The molecule has 1 heterocycles. The Labute approximate surface area is 98.1 Å². The Balaban J connectivity index is 2.40. The van der Waals surface area contributed by atoms with E-state index in [1.165, 1.54) is 0 Å². The van der Waals surface area contributed by atoms with Crippen LogP contribution in [0.5, 0.6) is 0 Å². The van der Waals surface area contributed by atoms with Crippen molar-refractivity contribution in [1.82, 2.24) is 0 Å². The van der Waals surface area contributed by atoms with Crippen molar-refractivity contribution in [3.05, 3.63) is 29.8 Å². The minimum atomic E-state index is -1.38. The first-order valence-corrected chi connectivity index (χ1v) is 5.39. The first-order chi connectivity index (χ1) is 8.11. The molecule has 0 radical (unpaired) electrons. The number of hydrogen-bond acceptors (Lipinski definition) is 3. The van der Waals surface area contributed by atoms with Crippen molar-refractivity contribution in [1.29, 1.82) is 0 Å². The summed E-state index contributed by atoms with van der Waals surface area (Å²) in [5.41, 5.74) is 1.60. The number of benzene rings is 1. The molecule has 17 heavy (non-hydrogen) atoms. The van der Waals surface area contributed by atoms with Gasteiger partial charge < -0.3 is 15.5 Å². The van der Waals surface area contributed by atoms with Gasteiger partial charge >= 0.3 is 11.9 Å². The number of carboxylic acids is 2. The number of rotatable bonds is 3. The molecule has 1 unspecified atom stereocenters. The molecule has 1 aromatic rings. The Kier molecular flexibility index (Phi) is 2.99. The molecule has 0 spiro atoms. The average Bonchev–Trinajstić information content (AvgIpc) is 2.28. The third kappa shape index (κ3) is 2.08. The fourth-order valence-corrected chi connectivity index (χ4v) is 2.30. The summed E-state index contributed by atoms with van der Waals surface area (Å²) in [6.45, 7) is 0.596. The summed E-state index contributed by atoms with van der Waals surface area (Å²) in [6.07, 6.45) is 0.514. The van der Waals surface area contributed by atoms with Crippen LogP contribution in [0.25, 0.3) is 0 Å². The first-order valence-electron chi connectivity index (χ1n) is 5.39. The van der Waals surface area contributed by atoms with Gasteiger partial charge in [0.15, 0.2) is 5.92 Å². The summed E-state index contributed by atoms with van der Waals surface area (Å²) in [5.74, 6) is -4.40. The summed E-state index contributed by atoms with van der Waals surface area (Å²) in [4.78, 5) is 22.1. The van der Waals surface area contributed by atoms with Crippen LogP contribution in [0.1, 0.15) is 17.9 Å². The maximum absolute atomic E-state index is 11.0. The van der Waals surface area contributed by atoms with Crippen LogP contribution in [0.15, 0.2) is 24.3 Å². The molecule has 0 aliphatic carbocycles. The number of aliphatic carboxylic acids is 2. The Morgan fingerprint density at radius 1 is 1.24 bits per heavy atom. The number of fused-ring (bicyclic) bond motifs is 1. The van der Waals surface area contributed by atoms with Gasteiger partial charge in [-0.05, 0) is 18.1 Å². The zero-order chi connectivity index (χ0) is 12.4. The summed E-state index contributed by atoms with van der Waals surface area (Å²) in [6, 6.07) is 7.25. The molecule has 0 fully saturated rings. The minimum absolute atomic E-state index is 0.470. The van der Waals surface area contributed by atoms with E-state index in [1.54, 1.807) is 12.1 Å². The zero-order valence-electron chi connectivity index (χ0n) is 9.09. The second-order valence-electron chi connectivity index (χ2n) is 4.06. The SMILES string of the molecule is O=C(O)C(C(=O)O)C1CCNc2ccccc21. The van der Waals surface area contributed by atoms with Gasteiger partial charge in [0.05, 0.1) is 0 Å². The molecule has 2 rings (SSSR count). The van der Waals surface area contributed by atoms with Crippen molar-refractivity contribution in [2.24, 2.45) is 5.92 Å². The standard InChI is InChI=1S/C12H13NO4/c14-11(15)10(12(16)17)8-5-6-13-9-4-2-1-3-7(8)9/h1-4,8,10,13H,5-6H2,(H,14,15)(H,16,17). The summed E-state index contributed by atoms with van der Waals surface area (Å²) >= 11 is 0. The van der Waals surface area contributed by atoms with Crippen LogP contribution >= 0.6 is 0 Å². The van der Waals surface area contributed by atoms with Crippen LogP contribution < -0.4 is 5.32 Å². The number of hydrogen-bond donors (Lipinski definition) is 3. The molecule has 3 N–H and O–H groups in total. The molecule has 90 valence electrons. The summed E-state index contributed by atoms with van der Waals surface area (Å²) < 4.78 is 0. The molecule has 0 saturated carbocycles. The van der Waals surface area contributed by atoms with Gasteiger partial charge in [0, 0.05) is 18.2 Å². The maximum Gasteiger partial charge on any atom is 0.318 e. The maximum atomic E-state index is 11.0. The van der Waals surface area contributed by atoms with Gasteiger partial charge in [-0.1, -0.05) is 18.2 Å². The van der Waals surface area contributed by atoms with Crippen molar-refractivity contribution >= 4 is 17.6 Å². The Bertz CT molecular complexity index is 444. The number of carboxylic acid groups (broad SMARTS) is 2. The van der Waals surface area contributed by atoms with E-state index in [0.29, 0.717) is 13.0 Å². The number of para-hydroxylation sites is 1. The molecular weight excluding hydrogens is 222 g/mol. The number of carbonyl (C=O) groups is 2. The van der Waals surface area contributed by atoms with Crippen LogP contribution in [-0.4, -0.2) is 28.7 Å². The van der Waals surface area contributed by atoms with Crippen LogP contribution in [-0.2, 0) is 9.59 Å². The molecular formula is C12H13NO4. The van der Waals surface area contributed by atoms with Crippen molar-refractivity contribution in [2.75, 3.05) is 11.9 Å². The largest absolute Gasteiger partial charge is 0.481 e. The lowest BCUT2D eigenvalue weighted by Gasteiger charge is -2.28. The van der Waals surface area contributed by atoms with Gasteiger partial charge in [-0.3, -0.25) is 9.59 Å². The molecule has 0 aromatic heterocycles. The fourth-order valence-electron chi connectivity index (χ4n) is 2.30. The van der Waals surface area contributed by atoms with E-state index in [4.69, 9.17) is 10.2 Å². The Morgan fingerprint density at radius 2 is 1.88 bits per heavy atom. The first kappa shape index (κ1) is 11.4. The van der Waals surface area contributed by atoms with E-state index in [1.807, 2.05) is 12.1 Å². The van der Waals surface area contributed by atoms with E-state index >= 15 is 0 Å². The lowest BCUT2D eigenvalue weighted by Crippen LogP contribution is -2.33. The highest BCUT2D eigenvalue weighted by Crippen LogP contribution is 2.36. The third-order valence-corrected chi connectivity index (χ3v) is 3.07. The molecule has 0 saturated heterocycles. The predicted octanol–water partition coefficient (Wildman–Crippen LogP) is 1.37. The summed E-state index contributed by atoms with van der Waals surface area (Å²) in [7, 11) is 0. The highest BCUT2D eigenvalue weighted by Gasteiger charge is 2.37. The predicted molar refractivity (Wildman–Crippen MR) is 61.1 cm³/mol. The topological polar surface area (TPSA) is 86.6 Å². The fraction of sp³-hybridized carbons (Fsp3) is 0.333. The van der Waals surface area contributed by atoms with Crippen LogP contribution in [0.4, 0.5) is 5.69 Å². The van der Waals surface area contributed by atoms with E-state index < -0.39 is 23.8 Å². The van der Waals surface area contributed by atoms with Gasteiger partial charge in [-0.15, -0.1) is 0 Å². The second kappa shape index (κ2) is 4.45. The van der Waals surface area contributed by atoms with E-state index in [0.717, 1.165) is 11.3 Å². The van der Waals surface area contributed by atoms with Crippen LogP contribution in [0, 0.1) is 5.92 Å². The Hall–Kier alpha value is -2.04. The lowest BCUT2D eigenvalue weighted by molar-refractivity contribution is -0.155. The third-order valence-electron chi connectivity index (χ3n) is 3.07. The molecule has 1 aliphatic rings. The zero-order valence-corrected chi connectivity index (χ0v) is 9.09. The van der Waals surface area contributed by atoms with Crippen molar-refractivity contribution in [2.45, 2.75) is 12.3 Å². The van der Waals surface area contributed by atoms with Crippen LogP contribution in [0.3, 0.4) is 0 Å². The Morgan fingerprint density at radius 3 is 2.53 bits per heavy atom. The van der Waals surface area contributed by atoms with E-state index in [2.05, 4.69) is 5.32 Å². The van der Waals surface area contributed by atoms with Crippen LogP contribution in [0.2, 0.25) is 0 Å². The molecule has 1 aliphatic heterocycles. The lowest BCUT2D eigenvalue weighted by atomic mass is 9.81. The second-order valence-corrected chi connectivity index (χ2v) is 4.06. The van der Waals surface area contributed by atoms with Gasteiger partial charge in [0.2, 0.25) is 0 Å². The minimum Gasteiger partial charge on any atom is -0.481 e. The van der Waals surface area contributed by atoms with Gasteiger partial charge in [0.1, 0.15) is 0 Å². The van der Waals surface area contributed by atoms with Gasteiger partial charge in [0.25, 0.3) is 0 Å². The van der Waals surface area contributed by atoms with Gasteiger partial charge in [-0.25, -0.2) is 0 Å². The molecule has 5 nitrogen and oxygen atoms in total. The normalized spacial score (nSPS) is 18.3. The molecule has 1 aromatic carbocycles. The number of nitrogens with one attached hydrogen (secondary N) is 1. The molecule has 1 atom stereocenters. The van der Waals surface area contributed by atoms with Gasteiger partial charge in [-0.2, -0.15) is 0 Å². The monoisotopic (exact) mass is 235 g/mol.